The van der Waals surface area contributed by atoms with Gasteiger partial charge < -0.3 is 21.3 Å². The average Bonchev–Trinajstić information content (AvgIpc) is 2.54. The molecule has 0 amide bonds. The number of halogens is 1. The number of ketones is 1. The lowest BCUT2D eigenvalue weighted by Crippen LogP contribution is -2.47. The first-order valence-corrected chi connectivity index (χ1v) is 8.07. The number of carbonyl (C=O) groups excluding carboxylic acids is 1. The number of hydrogen-bond donors (Lipinski definition) is 2. The molecule has 0 spiro atoms. The third-order valence-electron chi connectivity index (χ3n) is 4.40. The van der Waals surface area contributed by atoms with Crippen LogP contribution in [0.4, 0.5) is 27.5 Å². The summed E-state index contributed by atoms with van der Waals surface area (Å²) in [7, 11) is 0. The van der Waals surface area contributed by atoms with Crippen molar-refractivity contribution in [1.29, 1.82) is 0 Å². The zero-order chi connectivity index (χ0) is 18.1. The largest absolute Gasteiger partial charge is 0.382 e. The summed E-state index contributed by atoms with van der Waals surface area (Å²) in [6.45, 7) is 6.01. The fourth-order valence-corrected chi connectivity index (χ4v) is 3.18. The van der Waals surface area contributed by atoms with Gasteiger partial charge in [0.2, 0.25) is 5.95 Å². The Morgan fingerprint density at radius 3 is 2.32 bits per heavy atom. The Morgan fingerprint density at radius 2 is 1.76 bits per heavy atom. The zero-order valence-corrected chi connectivity index (χ0v) is 14.3. The van der Waals surface area contributed by atoms with Crippen LogP contribution in [0.5, 0.6) is 0 Å². The first kappa shape index (κ1) is 16.9. The molecule has 1 aliphatic rings. The minimum absolute atomic E-state index is 0.116. The predicted octanol–water partition coefficient (Wildman–Crippen LogP) is 1.62. The molecule has 132 valence electrons. The normalized spacial score (nSPS) is 14.7. The van der Waals surface area contributed by atoms with Gasteiger partial charge in [-0.15, -0.1) is 0 Å². The van der Waals surface area contributed by atoms with Crippen molar-refractivity contribution < 1.29 is 9.18 Å². The number of nitrogen functional groups attached to an aromatic ring is 2. The van der Waals surface area contributed by atoms with Crippen LogP contribution in [0.25, 0.3) is 0 Å². The van der Waals surface area contributed by atoms with Crippen LogP contribution in [0.2, 0.25) is 0 Å². The molecular formula is C17H21FN6O. The fourth-order valence-electron chi connectivity index (χ4n) is 3.18. The van der Waals surface area contributed by atoms with E-state index in [4.69, 9.17) is 11.5 Å². The highest BCUT2D eigenvalue weighted by molar-refractivity contribution is 5.94. The van der Waals surface area contributed by atoms with Crippen LogP contribution in [0.1, 0.15) is 23.0 Å². The third-order valence-corrected chi connectivity index (χ3v) is 4.40. The van der Waals surface area contributed by atoms with Gasteiger partial charge in [-0.25, -0.2) is 9.37 Å². The smallest absolute Gasteiger partial charge is 0.222 e. The van der Waals surface area contributed by atoms with E-state index in [1.165, 1.54) is 19.1 Å². The molecule has 0 atom stereocenters. The summed E-state index contributed by atoms with van der Waals surface area (Å²) in [5, 5.41) is 0. The van der Waals surface area contributed by atoms with Crippen LogP contribution in [0.15, 0.2) is 18.2 Å². The van der Waals surface area contributed by atoms with Crippen molar-refractivity contribution in [2.45, 2.75) is 13.8 Å². The Morgan fingerprint density at radius 1 is 1.12 bits per heavy atom. The van der Waals surface area contributed by atoms with Gasteiger partial charge in [-0.3, -0.25) is 4.79 Å². The number of carbonyl (C=O) groups is 1. The summed E-state index contributed by atoms with van der Waals surface area (Å²) in [6, 6.07) is 4.73. The maximum atomic E-state index is 14.0. The molecule has 1 fully saturated rings. The summed E-state index contributed by atoms with van der Waals surface area (Å²) in [5.41, 5.74) is 14.0. The molecule has 1 aliphatic heterocycles. The molecular weight excluding hydrogens is 323 g/mol. The molecule has 7 nitrogen and oxygen atoms in total. The molecule has 0 aliphatic carbocycles. The Hall–Kier alpha value is -2.90. The van der Waals surface area contributed by atoms with Crippen molar-refractivity contribution in [3.63, 3.8) is 0 Å². The van der Waals surface area contributed by atoms with Crippen LogP contribution in [0, 0.1) is 12.7 Å². The van der Waals surface area contributed by atoms with Crippen LogP contribution in [-0.2, 0) is 0 Å². The van der Waals surface area contributed by atoms with E-state index in [-0.39, 0.29) is 17.3 Å². The van der Waals surface area contributed by atoms with E-state index in [2.05, 4.69) is 19.8 Å². The van der Waals surface area contributed by atoms with Gasteiger partial charge in [0, 0.05) is 31.9 Å². The number of rotatable bonds is 3. The first-order valence-electron chi connectivity index (χ1n) is 8.07. The minimum atomic E-state index is -0.487. The SMILES string of the molecule is CC(=O)c1ccc(N2CCN(c3c(C)nc(N)nc3N)CC2)cc1F. The number of aromatic nitrogens is 2. The van der Waals surface area contributed by atoms with E-state index in [9.17, 15) is 9.18 Å². The molecule has 2 aromatic rings. The number of Topliss-reactive ketones (excluding diaryl/α,β-unsaturated/α-hetero) is 1. The van der Waals surface area contributed by atoms with Gasteiger partial charge in [0.05, 0.1) is 11.3 Å². The fraction of sp³-hybridized carbons (Fsp3) is 0.353. The Kier molecular flexibility index (Phi) is 4.43. The standard InChI is InChI=1S/C17H21FN6O/c1-10-15(16(19)22-17(20)21-10)24-7-5-23(6-8-24)12-3-4-13(11(2)25)14(18)9-12/h3-4,9H,5-8H2,1-2H3,(H4,19,20,21,22). The van der Waals surface area contributed by atoms with Crippen LogP contribution in [0.3, 0.4) is 0 Å². The van der Waals surface area contributed by atoms with E-state index in [0.717, 1.165) is 17.1 Å². The predicted molar refractivity (Wildman–Crippen MR) is 96.4 cm³/mol. The zero-order valence-electron chi connectivity index (χ0n) is 14.3. The molecule has 0 saturated carbocycles. The highest BCUT2D eigenvalue weighted by Gasteiger charge is 2.22. The first-order chi connectivity index (χ1) is 11.9. The highest BCUT2D eigenvalue weighted by atomic mass is 19.1. The van der Waals surface area contributed by atoms with Crippen molar-refractivity contribution in [3.05, 3.63) is 35.3 Å². The van der Waals surface area contributed by atoms with Gasteiger partial charge in [0.1, 0.15) is 11.5 Å². The maximum Gasteiger partial charge on any atom is 0.222 e. The summed E-state index contributed by atoms with van der Waals surface area (Å²) in [4.78, 5) is 23.7. The highest BCUT2D eigenvalue weighted by Crippen LogP contribution is 2.28. The quantitative estimate of drug-likeness (QED) is 0.816. The van der Waals surface area contributed by atoms with Crippen LogP contribution >= 0.6 is 0 Å². The maximum absolute atomic E-state index is 14.0. The van der Waals surface area contributed by atoms with Crippen molar-refractivity contribution in [2.24, 2.45) is 0 Å². The molecule has 0 radical (unpaired) electrons. The molecule has 25 heavy (non-hydrogen) atoms. The van der Waals surface area contributed by atoms with E-state index >= 15 is 0 Å². The van der Waals surface area contributed by atoms with Gasteiger partial charge in [-0.1, -0.05) is 0 Å². The lowest BCUT2D eigenvalue weighted by molar-refractivity contribution is 0.101. The second-order valence-corrected chi connectivity index (χ2v) is 6.10. The minimum Gasteiger partial charge on any atom is -0.382 e. The molecule has 1 aromatic carbocycles. The summed E-state index contributed by atoms with van der Waals surface area (Å²) < 4.78 is 14.0. The van der Waals surface area contributed by atoms with Gasteiger partial charge in [0.15, 0.2) is 11.6 Å². The Balaban J connectivity index is 1.74. The summed E-state index contributed by atoms with van der Waals surface area (Å²) in [6.07, 6.45) is 0. The molecule has 1 saturated heterocycles. The molecule has 0 bridgehead atoms. The van der Waals surface area contributed by atoms with E-state index in [0.29, 0.717) is 32.0 Å². The lowest BCUT2D eigenvalue weighted by Gasteiger charge is -2.38. The van der Waals surface area contributed by atoms with Crippen LogP contribution in [-0.4, -0.2) is 41.9 Å². The molecule has 2 heterocycles. The van der Waals surface area contributed by atoms with E-state index in [1.54, 1.807) is 6.07 Å². The number of piperazine rings is 1. The van der Waals surface area contributed by atoms with Gasteiger partial charge in [-0.05, 0) is 32.0 Å². The third kappa shape index (κ3) is 3.33. The van der Waals surface area contributed by atoms with E-state index < -0.39 is 5.82 Å². The topological polar surface area (TPSA) is 101 Å². The van der Waals surface area contributed by atoms with Crippen molar-refractivity contribution >= 4 is 28.9 Å². The molecule has 1 aromatic heterocycles. The second-order valence-electron chi connectivity index (χ2n) is 6.10. The Bertz CT molecular complexity index is 794. The molecule has 4 N–H and O–H groups in total. The number of aryl methyl sites for hydroxylation is 1. The van der Waals surface area contributed by atoms with Gasteiger partial charge in [-0.2, -0.15) is 4.98 Å². The number of anilines is 4. The number of hydrogen-bond acceptors (Lipinski definition) is 7. The number of benzene rings is 1. The van der Waals surface area contributed by atoms with E-state index in [1.807, 2.05) is 6.92 Å². The monoisotopic (exact) mass is 344 g/mol. The van der Waals surface area contributed by atoms with Gasteiger partial charge in [0.25, 0.3) is 0 Å². The molecule has 3 rings (SSSR count). The summed E-state index contributed by atoms with van der Waals surface area (Å²) in [5.74, 6) is -0.226. The average molecular weight is 344 g/mol. The van der Waals surface area contributed by atoms with Crippen LogP contribution < -0.4 is 21.3 Å². The summed E-state index contributed by atoms with van der Waals surface area (Å²) >= 11 is 0. The Labute approximate surface area is 145 Å². The number of nitrogens with two attached hydrogens (primary N) is 2. The molecule has 0 unspecified atom stereocenters. The van der Waals surface area contributed by atoms with Crippen molar-refractivity contribution in [2.75, 3.05) is 47.4 Å². The molecule has 8 heteroatoms. The number of nitrogens with zero attached hydrogens (tertiary/aromatic N) is 4. The lowest BCUT2D eigenvalue weighted by atomic mass is 10.1. The van der Waals surface area contributed by atoms with Gasteiger partial charge >= 0.3 is 0 Å². The second kappa shape index (κ2) is 6.54. The van der Waals surface area contributed by atoms with Crippen molar-refractivity contribution in [1.82, 2.24) is 9.97 Å². The van der Waals surface area contributed by atoms with Crippen molar-refractivity contribution in [3.8, 4) is 0 Å².